The Morgan fingerprint density at radius 1 is 1.39 bits per heavy atom. The number of hydrogen-bond acceptors (Lipinski definition) is 1. The second-order valence-corrected chi connectivity index (χ2v) is 6.15. The summed E-state index contributed by atoms with van der Waals surface area (Å²) in [5.74, 6) is -0.128. The van der Waals surface area contributed by atoms with Gasteiger partial charge in [-0.1, -0.05) is 38.3 Å². The molecule has 0 aliphatic heterocycles. The zero-order chi connectivity index (χ0) is 13.1. The highest BCUT2D eigenvalue weighted by Crippen LogP contribution is 2.27. The molecule has 5 heteroatoms. The van der Waals surface area contributed by atoms with E-state index >= 15 is 0 Å². The predicted octanol–water partition coefficient (Wildman–Crippen LogP) is 3.88. The van der Waals surface area contributed by atoms with Gasteiger partial charge in [0, 0.05) is 21.4 Å². The summed E-state index contributed by atoms with van der Waals surface area (Å²) in [6.07, 6.45) is 3.26. The summed E-state index contributed by atoms with van der Waals surface area (Å²) in [6.45, 7) is 0. The molecule has 1 amide bonds. The lowest BCUT2D eigenvalue weighted by atomic mass is 10.1. The molecule has 1 aliphatic rings. The molecule has 1 aromatic rings. The summed E-state index contributed by atoms with van der Waals surface area (Å²) in [5.41, 5.74) is 0.363. The van der Waals surface area contributed by atoms with Crippen LogP contribution in [0.25, 0.3) is 0 Å². The summed E-state index contributed by atoms with van der Waals surface area (Å²) in [6, 6.07) is 4.43. The highest BCUT2D eigenvalue weighted by Gasteiger charge is 2.27. The van der Waals surface area contributed by atoms with Crippen LogP contribution in [-0.4, -0.2) is 17.3 Å². The largest absolute Gasteiger partial charge is 0.349 e. The number of alkyl halides is 1. The lowest BCUT2D eigenvalue weighted by molar-refractivity contribution is 0.0929. The molecule has 2 unspecified atom stereocenters. The van der Waals surface area contributed by atoms with E-state index in [4.69, 9.17) is 0 Å². The zero-order valence-electron chi connectivity index (χ0n) is 9.76. The van der Waals surface area contributed by atoms with Gasteiger partial charge in [-0.15, -0.1) is 0 Å². The quantitative estimate of drug-likeness (QED) is 0.794. The van der Waals surface area contributed by atoms with Crippen molar-refractivity contribution in [1.82, 2.24) is 5.32 Å². The molecule has 1 saturated carbocycles. The van der Waals surface area contributed by atoms with Gasteiger partial charge in [0.25, 0.3) is 5.91 Å². The van der Waals surface area contributed by atoms with E-state index in [0.29, 0.717) is 16.0 Å². The van der Waals surface area contributed by atoms with Crippen molar-refractivity contribution in [3.8, 4) is 0 Å². The Kier molecular flexibility index (Phi) is 4.78. The number of halogens is 3. The van der Waals surface area contributed by atoms with E-state index in [0.717, 1.165) is 24.6 Å². The SMILES string of the molecule is O=C(NC1CCCC1CBr)c1cc(F)cc(Br)c1. The smallest absolute Gasteiger partial charge is 0.251 e. The molecule has 98 valence electrons. The van der Waals surface area contributed by atoms with Gasteiger partial charge in [0.15, 0.2) is 0 Å². The topological polar surface area (TPSA) is 29.1 Å². The summed E-state index contributed by atoms with van der Waals surface area (Å²) in [7, 11) is 0. The lowest BCUT2D eigenvalue weighted by Crippen LogP contribution is -2.37. The fraction of sp³-hybridized carbons (Fsp3) is 0.462. The Bertz CT molecular complexity index is 432. The van der Waals surface area contributed by atoms with Gasteiger partial charge in [-0.3, -0.25) is 4.79 Å². The summed E-state index contributed by atoms with van der Waals surface area (Å²) < 4.78 is 13.8. The van der Waals surface area contributed by atoms with Crippen LogP contribution in [0.4, 0.5) is 4.39 Å². The minimum absolute atomic E-state index is 0.193. The van der Waals surface area contributed by atoms with Crippen LogP contribution in [0.15, 0.2) is 22.7 Å². The monoisotopic (exact) mass is 377 g/mol. The zero-order valence-corrected chi connectivity index (χ0v) is 12.9. The molecule has 0 spiro atoms. The first-order valence-corrected chi connectivity index (χ1v) is 7.84. The van der Waals surface area contributed by atoms with E-state index in [1.54, 1.807) is 6.07 Å². The van der Waals surface area contributed by atoms with Crippen molar-refractivity contribution >= 4 is 37.8 Å². The van der Waals surface area contributed by atoms with Crippen LogP contribution in [0.5, 0.6) is 0 Å². The fourth-order valence-corrected chi connectivity index (χ4v) is 3.59. The van der Waals surface area contributed by atoms with Crippen molar-refractivity contribution in [3.05, 3.63) is 34.1 Å². The van der Waals surface area contributed by atoms with Gasteiger partial charge in [0.1, 0.15) is 5.82 Å². The molecule has 0 heterocycles. The Hall–Kier alpha value is -0.420. The summed E-state index contributed by atoms with van der Waals surface area (Å²) in [4.78, 5) is 12.1. The number of carbonyl (C=O) groups is 1. The number of carbonyl (C=O) groups excluding carboxylic acids is 1. The molecular formula is C13H14Br2FNO. The molecule has 18 heavy (non-hydrogen) atoms. The molecule has 2 rings (SSSR count). The molecule has 2 atom stereocenters. The van der Waals surface area contributed by atoms with Crippen LogP contribution < -0.4 is 5.32 Å². The molecule has 0 aromatic heterocycles. The highest BCUT2D eigenvalue weighted by atomic mass is 79.9. The highest BCUT2D eigenvalue weighted by molar-refractivity contribution is 9.10. The van der Waals surface area contributed by atoms with E-state index in [1.165, 1.54) is 12.1 Å². The van der Waals surface area contributed by atoms with Crippen LogP contribution in [-0.2, 0) is 0 Å². The fourth-order valence-electron chi connectivity index (χ4n) is 2.35. The van der Waals surface area contributed by atoms with Gasteiger partial charge in [-0.05, 0) is 37.0 Å². The van der Waals surface area contributed by atoms with Gasteiger partial charge in [0.05, 0.1) is 0 Å². The van der Waals surface area contributed by atoms with E-state index in [1.807, 2.05) is 0 Å². The van der Waals surface area contributed by atoms with Crippen molar-refractivity contribution in [3.63, 3.8) is 0 Å². The molecule has 1 fully saturated rings. The third-order valence-electron chi connectivity index (χ3n) is 3.30. The molecule has 1 aromatic carbocycles. The van der Waals surface area contributed by atoms with Crippen molar-refractivity contribution in [2.24, 2.45) is 5.92 Å². The third kappa shape index (κ3) is 3.32. The third-order valence-corrected chi connectivity index (χ3v) is 4.59. The summed E-state index contributed by atoms with van der Waals surface area (Å²) in [5, 5.41) is 3.89. The first-order valence-electron chi connectivity index (χ1n) is 5.93. The standard InChI is InChI=1S/C13H14Br2FNO/c14-7-8-2-1-3-12(8)17-13(18)9-4-10(15)6-11(16)5-9/h4-6,8,12H,1-3,7H2,(H,17,18). The average Bonchev–Trinajstić information content (AvgIpc) is 2.75. The molecule has 0 bridgehead atoms. The van der Waals surface area contributed by atoms with Crippen molar-refractivity contribution in [1.29, 1.82) is 0 Å². The number of nitrogens with one attached hydrogen (secondary N) is 1. The second kappa shape index (κ2) is 6.15. The first kappa shape index (κ1) is 14.0. The van der Waals surface area contributed by atoms with Gasteiger partial charge in [-0.25, -0.2) is 4.39 Å². The Labute approximate surface area is 123 Å². The molecular weight excluding hydrogens is 365 g/mol. The van der Waals surface area contributed by atoms with Crippen LogP contribution in [0.3, 0.4) is 0 Å². The average molecular weight is 379 g/mol. The number of hydrogen-bond donors (Lipinski definition) is 1. The molecule has 1 aliphatic carbocycles. The molecule has 0 saturated heterocycles. The first-order chi connectivity index (χ1) is 8.60. The van der Waals surface area contributed by atoms with E-state index in [2.05, 4.69) is 37.2 Å². The Balaban J connectivity index is 2.07. The Morgan fingerprint density at radius 3 is 2.83 bits per heavy atom. The minimum atomic E-state index is -0.405. The maximum absolute atomic E-state index is 13.2. The lowest BCUT2D eigenvalue weighted by Gasteiger charge is -2.19. The van der Waals surface area contributed by atoms with E-state index < -0.39 is 5.82 Å². The maximum Gasteiger partial charge on any atom is 0.251 e. The van der Waals surface area contributed by atoms with Gasteiger partial charge >= 0.3 is 0 Å². The molecule has 0 radical (unpaired) electrons. The number of rotatable bonds is 3. The van der Waals surface area contributed by atoms with Gasteiger partial charge in [-0.2, -0.15) is 0 Å². The predicted molar refractivity (Wildman–Crippen MR) is 76.5 cm³/mol. The van der Waals surface area contributed by atoms with Crippen LogP contribution >= 0.6 is 31.9 Å². The van der Waals surface area contributed by atoms with Gasteiger partial charge in [0.2, 0.25) is 0 Å². The van der Waals surface area contributed by atoms with Crippen LogP contribution in [0, 0.1) is 11.7 Å². The van der Waals surface area contributed by atoms with Gasteiger partial charge < -0.3 is 5.32 Å². The van der Waals surface area contributed by atoms with Crippen LogP contribution in [0.2, 0.25) is 0 Å². The van der Waals surface area contributed by atoms with E-state index in [9.17, 15) is 9.18 Å². The molecule has 1 N–H and O–H groups in total. The van der Waals surface area contributed by atoms with Crippen LogP contribution in [0.1, 0.15) is 29.6 Å². The number of amides is 1. The number of benzene rings is 1. The normalized spacial score (nSPS) is 23.1. The minimum Gasteiger partial charge on any atom is -0.349 e. The summed E-state index contributed by atoms with van der Waals surface area (Å²) >= 11 is 6.66. The van der Waals surface area contributed by atoms with Crippen molar-refractivity contribution in [2.75, 3.05) is 5.33 Å². The Morgan fingerprint density at radius 2 is 2.17 bits per heavy atom. The van der Waals surface area contributed by atoms with Crippen molar-refractivity contribution in [2.45, 2.75) is 25.3 Å². The maximum atomic E-state index is 13.2. The molecule has 2 nitrogen and oxygen atoms in total. The van der Waals surface area contributed by atoms with E-state index in [-0.39, 0.29) is 11.9 Å². The second-order valence-electron chi connectivity index (χ2n) is 4.58. The van der Waals surface area contributed by atoms with Crippen molar-refractivity contribution < 1.29 is 9.18 Å².